The molecule has 0 radical (unpaired) electrons. The van der Waals surface area contributed by atoms with E-state index in [4.69, 9.17) is 0 Å². The van der Waals surface area contributed by atoms with E-state index in [0.717, 1.165) is 0 Å². The maximum absolute atomic E-state index is 2.40. The van der Waals surface area contributed by atoms with Gasteiger partial charge in [0.15, 0.2) is 0 Å². The summed E-state index contributed by atoms with van der Waals surface area (Å²) in [5.41, 5.74) is 5.24. The topological polar surface area (TPSA) is 0 Å². The van der Waals surface area contributed by atoms with Gasteiger partial charge < -0.3 is 0 Å². The van der Waals surface area contributed by atoms with Gasteiger partial charge in [-0.05, 0) is 53.6 Å². The minimum absolute atomic E-state index is 1.30. The van der Waals surface area contributed by atoms with Crippen molar-refractivity contribution in [3.8, 4) is 11.1 Å². The van der Waals surface area contributed by atoms with E-state index >= 15 is 0 Å². The third-order valence-corrected chi connectivity index (χ3v) is 3.38. The minimum Gasteiger partial charge on any atom is -0.0587 e. The number of halogens is 1. The van der Waals surface area contributed by atoms with Crippen LogP contribution in [0.3, 0.4) is 0 Å². The Labute approximate surface area is 104 Å². The quantitative estimate of drug-likeness (QED) is 0.677. The van der Waals surface area contributed by atoms with E-state index in [1.165, 1.54) is 25.8 Å². The second-order valence-corrected chi connectivity index (χ2v) is 5.01. The molecule has 0 aromatic heterocycles. The van der Waals surface area contributed by atoms with Crippen molar-refractivity contribution in [2.75, 3.05) is 0 Å². The molecule has 0 heterocycles. The highest BCUT2D eigenvalue weighted by Crippen LogP contribution is 2.26. The molecule has 0 aliphatic heterocycles. The molecular weight excluding hydrogens is 295 g/mol. The van der Waals surface area contributed by atoms with E-state index in [0.29, 0.717) is 0 Å². The molecule has 1 heteroatoms. The maximum Gasteiger partial charge on any atom is 0.0211 e. The lowest BCUT2D eigenvalue weighted by Gasteiger charge is -2.06. The highest BCUT2D eigenvalue weighted by Gasteiger charge is 2.02. The predicted molar refractivity (Wildman–Crippen MR) is 74.1 cm³/mol. The molecule has 0 spiro atoms. The molecule has 0 N–H and O–H groups in total. The standard InChI is InChI=1S/C14H13I/c1-10-3-6-12(7-4-10)13-8-5-11(2)9-14(13)15/h3-9H,1-2H3. The predicted octanol–water partition coefficient (Wildman–Crippen LogP) is 4.58. The summed E-state index contributed by atoms with van der Waals surface area (Å²) in [5.74, 6) is 0. The van der Waals surface area contributed by atoms with Crippen LogP contribution in [0.1, 0.15) is 11.1 Å². The third-order valence-electron chi connectivity index (χ3n) is 2.49. The molecule has 2 rings (SSSR count). The van der Waals surface area contributed by atoms with E-state index in [9.17, 15) is 0 Å². The summed E-state index contributed by atoms with van der Waals surface area (Å²) in [6, 6.07) is 15.3. The second kappa shape index (κ2) is 4.35. The molecule has 0 fully saturated rings. The molecule has 0 atom stereocenters. The van der Waals surface area contributed by atoms with Crippen LogP contribution in [0, 0.1) is 17.4 Å². The van der Waals surface area contributed by atoms with Crippen molar-refractivity contribution in [3.05, 3.63) is 57.2 Å². The summed E-state index contributed by atoms with van der Waals surface area (Å²) in [6.07, 6.45) is 0. The number of aryl methyl sites for hydroxylation is 2. The van der Waals surface area contributed by atoms with Gasteiger partial charge in [0.25, 0.3) is 0 Å². The first-order valence-corrected chi connectivity index (χ1v) is 6.08. The number of hydrogen-bond acceptors (Lipinski definition) is 0. The van der Waals surface area contributed by atoms with Gasteiger partial charge in [-0.3, -0.25) is 0 Å². The Balaban J connectivity index is 2.49. The Morgan fingerprint density at radius 3 is 2.00 bits per heavy atom. The molecule has 0 aliphatic carbocycles. The minimum atomic E-state index is 1.30. The molecule has 0 amide bonds. The molecule has 0 saturated heterocycles. The average Bonchev–Trinajstić information content (AvgIpc) is 2.20. The van der Waals surface area contributed by atoms with Gasteiger partial charge in [-0.1, -0.05) is 47.5 Å². The fourth-order valence-electron chi connectivity index (χ4n) is 1.59. The summed E-state index contributed by atoms with van der Waals surface area (Å²) < 4.78 is 1.32. The van der Waals surface area contributed by atoms with Gasteiger partial charge in [0.1, 0.15) is 0 Å². The molecule has 15 heavy (non-hydrogen) atoms. The zero-order valence-electron chi connectivity index (χ0n) is 8.92. The summed E-state index contributed by atoms with van der Waals surface area (Å²) in [7, 11) is 0. The monoisotopic (exact) mass is 308 g/mol. The average molecular weight is 308 g/mol. The Hall–Kier alpha value is -0.830. The molecule has 0 nitrogen and oxygen atoms in total. The van der Waals surface area contributed by atoms with E-state index in [2.05, 4.69) is 78.9 Å². The van der Waals surface area contributed by atoms with Crippen LogP contribution in [0.25, 0.3) is 11.1 Å². The van der Waals surface area contributed by atoms with Gasteiger partial charge in [0.05, 0.1) is 0 Å². The van der Waals surface area contributed by atoms with Crippen LogP contribution in [0.4, 0.5) is 0 Å². The van der Waals surface area contributed by atoms with Crippen LogP contribution in [0.2, 0.25) is 0 Å². The van der Waals surface area contributed by atoms with Crippen molar-refractivity contribution in [1.82, 2.24) is 0 Å². The smallest absolute Gasteiger partial charge is 0.0211 e. The van der Waals surface area contributed by atoms with Crippen LogP contribution < -0.4 is 0 Å². The zero-order valence-corrected chi connectivity index (χ0v) is 11.1. The molecule has 0 bridgehead atoms. The van der Waals surface area contributed by atoms with Gasteiger partial charge in [0.2, 0.25) is 0 Å². The fraction of sp³-hybridized carbons (Fsp3) is 0.143. The molecule has 2 aromatic carbocycles. The van der Waals surface area contributed by atoms with Gasteiger partial charge in [-0.25, -0.2) is 0 Å². The molecule has 2 aromatic rings. The Kier molecular flexibility index (Phi) is 3.10. The van der Waals surface area contributed by atoms with E-state index in [1.54, 1.807) is 0 Å². The molecule has 0 unspecified atom stereocenters. The Morgan fingerprint density at radius 1 is 0.800 bits per heavy atom. The van der Waals surface area contributed by atoms with E-state index < -0.39 is 0 Å². The first kappa shape index (κ1) is 10.7. The van der Waals surface area contributed by atoms with Crippen LogP contribution in [0.15, 0.2) is 42.5 Å². The van der Waals surface area contributed by atoms with Gasteiger partial charge in [-0.15, -0.1) is 0 Å². The largest absolute Gasteiger partial charge is 0.0587 e. The van der Waals surface area contributed by atoms with Crippen molar-refractivity contribution < 1.29 is 0 Å². The van der Waals surface area contributed by atoms with Crippen molar-refractivity contribution >= 4 is 22.6 Å². The number of rotatable bonds is 1. The van der Waals surface area contributed by atoms with Crippen molar-refractivity contribution in [1.29, 1.82) is 0 Å². The summed E-state index contributed by atoms with van der Waals surface area (Å²) >= 11 is 2.40. The van der Waals surface area contributed by atoms with E-state index in [1.807, 2.05) is 0 Å². The maximum atomic E-state index is 2.40. The second-order valence-electron chi connectivity index (χ2n) is 3.85. The van der Waals surface area contributed by atoms with Gasteiger partial charge in [-0.2, -0.15) is 0 Å². The Bertz CT molecular complexity index is 469. The molecule has 0 aliphatic rings. The number of benzene rings is 2. The molecule has 76 valence electrons. The van der Waals surface area contributed by atoms with Crippen LogP contribution in [-0.2, 0) is 0 Å². The summed E-state index contributed by atoms with van der Waals surface area (Å²) in [5, 5.41) is 0. The van der Waals surface area contributed by atoms with Gasteiger partial charge in [0, 0.05) is 3.57 Å². The van der Waals surface area contributed by atoms with Crippen molar-refractivity contribution in [2.45, 2.75) is 13.8 Å². The lowest BCUT2D eigenvalue weighted by Crippen LogP contribution is -1.84. The third kappa shape index (κ3) is 2.40. The molecular formula is C14H13I. The zero-order chi connectivity index (χ0) is 10.8. The lowest BCUT2D eigenvalue weighted by atomic mass is 10.0. The van der Waals surface area contributed by atoms with Crippen molar-refractivity contribution in [2.24, 2.45) is 0 Å². The SMILES string of the molecule is Cc1ccc(-c2ccc(C)cc2I)cc1. The first-order chi connectivity index (χ1) is 7.16. The van der Waals surface area contributed by atoms with E-state index in [-0.39, 0.29) is 0 Å². The van der Waals surface area contributed by atoms with Crippen molar-refractivity contribution in [3.63, 3.8) is 0 Å². The lowest BCUT2D eigenvalue weighted by molar-refractivity contribution is 1.43. The summed E-state index contributed by atoms with van der Waals surface area (Å²) in [6.45, 7) is 4.24. The van der Waals surface area contributed by atoms with Crippen LogP contribution >= 0.6 is 22.6 Å². The molecule has 0 saturated carbocycles. The highest BCUT2D eigenvalue weighted by molar-refractivity contribution is 14.1. The fourth-order valence-corrected chi connectivity index (χ4v) is 2.57. The summed E-state index contributed by atoms with van der Waals surface area (Å²) in [4.78, 5) is 0. The highest BCUT2D eigenvalue weighted by atomic mass is 127. The van der Waals surface area contributed by atoms with Crippen LogP contribution in [0.5, 0.6) is 0 Å². The normalized spacial score (nSPS) is 10.3. The Morgan fingerprint density at radius 2 is 1.40 bits per heavy atom. The van der Waals surface area contributed by atoms with Crippen LogP contribution in [-0.4, -0.2) is 0 Å². The van der Waals surface area contributed by atoms with Gasteiger partial charge >= 0.3 is 0 Å². The first-order valence-electron chi connectivity index (χ1n) is 5.00. The number of hydrogen-bond donors (Lipinski definition) is 0.